The lowest BCUT2D eigenvalue weighted by atomic mass is 9.77. The van der Waals surface area contributed by atoms with Gasteiger partial charge < -0.3 is 5.73 Å². The first-order chi connectivity index (χ1) is 7.96. The maximum absolute atomic E-state index is 13.8. The highest BCUT2D eigenvalue weighted by atomic mass is 79.9. The highest BCUT2D eigenvalue weighted by molar-refractivity contribution is 9.10. The van der Waals surface area contributed by atoms with Gasteiger partial charge in [-0.25, -0.2) is 13.2 Å². The molecule has 1 aromatic carbocycles. The summed E-state index contributed by atoms with van der Waals surface area (Å²) >= 11 is 2.67. The van der Waals surface area contributed by atoms with Crippen LogP contribution in [0.25, 0.3) is 0 Å². The Morgan fingerprint density at radius 3 is 2.24 bits per heavy atom. The summed E-state index contributed by atoms with van der Waals surface area (Å²) in [6, 6.07) is 1.01. The van der Waals surface area contributed by atoms with Crippen molar-refractivity contribution < 1.29 is 13.2 Å². The molecule has 0 bridgehead atoms. The second kappa shape index (κ2) is 4.61. The fourth-order valence-electron chi connectivity index (χ4n) is 2.39. The van der Waals surface area contributed by atoms with E-state index in [-0.39, 0.29) is 5.56 Å². The number of benzene rings is 1. The molecular formula is C12H13BrF3N. The van der Waals surface area contributed by atoms with Gasteiger partial charge in [0.05, 0.1) is 4.47 Å². The zero-order valence-electron chi connectivity index (χ0n) is 9.20. The van der Waals surface area contributed by atoms with Gasteiger partial charge in [-0.1, -0.05) is 19.3 Å². The SMILES string of the molecule is NC1(c2cc(F)c(Br)c(F)c2F)CCCCC1. The fraction of sp³-hybridized carbons (Fsp3) is 0.500. The van der Waals surface area contributed by atoms with E-state index in [4.69, 9.17) is 5.73 Å². The summed E-state index contributed by atoms with van der Waals surface area (Å²) in [5.74, 6) is -3.05. The number of nitrogens with two attached hydrogens (primary N) is 1. The molecule has 1 saturated carbocycles. The van der Waals surface area contributed by atoms with Crippen LogP contribution in [-0.2, 0) is 5.54 Å². The van der Waals surface area contributed by atoms with Gasteiger partial charge in [0.25, 0.3) is 0 Å². The number of halogens is 4. The Morgan fingerprint density at radius 2 is 1.65 bits per heavy atom. The molecule has 5 heteroatoms. The van der Waals surface area contributed by atoms with Crippen molar-refractivity contribution in [1.29, 1.82) is 0 Å². The molecule has 0 amide bonds. The average Bonchev–Trinajstić information content (AvgIpc) is 2.32. The molecule has 17 heavy (non-hydrogen) atoms. The average molecular weight is 308 g/mol. The zero-order valence-corrected chi connectivity index (χ0v) is 10.8. The van der Waals surface area contributed by atoms with Crippen LogP contribution in [0.1, 0.15) is 37.7 Å². The van der Waals surface area contributed by atoms with Crippen molar-refractivity contribution in [3.63, 3.8) is 0 Å². The third-order valence-corrected chi connectivity index (χ3v) is 4.11. The van der Waals surface area contributed by atoms with E-state index in [1.807, 2.05) is 0 Å². The minimum absolute atomic E-state index is 0.0459. The monoisotopic (exact) mass is 307 g/mol. The maximum atomic E-state index is 13.8. The molecule has 1 aliphatic carbocycles. The van der Waals surface area contributed by atoms with E-state index in [1.54, 1.807) is 0 Å². The van der Waals surface area contributed by atoms with Gasteiger partial charge in [0, 0.05) is 11.1 Å². The second-order valence-electron chi connectivity index (χ2n) is 4.56. The standard InChI is InChI=1S/C12H13BrF3N/c13-9-8(14)6-7(10(15)11(9)16)12(17)4-2-1-3-5-12/h6H,1-5,17H2. The molecule has 2 N–H and O–H groups in total. The maximum Gasteiger partial charge on any atom is 0.176 e. The first-order valence-electron chi connectivity index (χ1n) is 5.58. The predicted octanol–water partition coefficient (Wildman–Crippen LogP) is 3.98. The highest BCUT2D eigenvalue weighted by Crippen LogP contribution is 2.38. The molecule has 0 atom stereocenters. The lowest BCUT2D eigenvalue weighted by Crippen LogP contribution is -2.39. The predicted molar refractivity (Wildman–Crippen MR) is 63.0 cm³/mol. The van der Waals surface area contributed by atoms with Crippen molar-refractivity contribution in [3.8, 4) is 0 Å². The Labute approximate surface area is 106 Å². The van der Waals surface area contributed by atoms with Crippen molar-refractivity contribution in [1.82, 2.24) is 0 Å². The van der Waals surface area contributed by atoms with E-state index in [0.29, 0.717) is 12.8 Å². The van der Waals surface area contributed by atoms with Crippen molar-refractivity contribution >= 4 is 15.9 Å². The van der Waals surface area contributed by atoms with Crippen molar-refractivity contribution in [2.75, 3.05) is 0 Å². The van der Waals surface area contributed by atoms with Crippen LogP contribution in [0, 0.1) is 17.5 Å². The second-order valence-corrected chi connectivity index (χ2v) is 5.36. The third-order valence-electron chi connectivity index (χ3n) is 3.38. The largest absolute Gasteiger partial charge is 0.321 e. The van der Waals surface area contributed by atoms with Gasteiger partial charge in [0.2, 0.25) is 0 Å². The normalized spacial score (nSPS) is 19.4. The summed E-state index contributed by atoms with van der Waals surface area (Å²) in [5, 5.41) is 0. The van der Waals surface area contributed by atoms with Gasteiger partial charge in [0.15, 0.2) is 11.6 Å². The molecule has 0 radical (unpaired) electrons. The minimum atomic E-state index is -1.20. The van der Waals surface area contributed by atoms with Crippen LogP contribution in [0.5, 0.6) is 0 Å². The van der Waals surface area contributed by atoms with Crippen LogP contribution in [-0.4, -0.2) is 0 Å². The fourth-order valence-corrected chi connectivity index (χ4v) is 2.68. The molecule has 0 unspecified atom stereocenters. The molecule has 1 fully saturated rings. The van der Waals surface area contributed by atoms with Crippen LogP contribution >= 0.6 is 15.9 Å². The first-order valence-corrected chi connectivity index (χ1v) is 6.37. The van der Waals surface area contributed by atoms with Crippen molar-refractivity contribution in [2.24, 2.45) is 5.73 Å². The Bertz CT molecular complexity index is 442. The Hall–Kier alpha value is -0.550. The van der Waals surface area contributed by atoms with E-state index in [0.717, 1.165) is 25.3 Å². The number of hydrogen-bond donors (Lipinski definition) is 1. The summed E-state index contributed by atoms with van der Waals surface area (Å²) < 4.78 is 40.2. The molecular weight excluding hydrogens is 295 g/mol. The molecule has 1 nitrogen and oxygen atoms in total. The molecule has 94 valence electrons. The van der Waals surface area contributed by atoms with Crippen LogP contribution < -0.4 is 5.73 Å². The lowest BCUT2D eigenvalue weighted by Gasteiger charge is -2.34. The highest BCUT2D eigenvalue weighted by Gasteiger charge is 2.34. The number of rotatable bonds is 1. The van der Waals surface area contributed by atoms with Crippen LogP contribution in [0.4, 0.5) is 13.2 Å². The Morgan fingerprint density at radius 1 is 1.06 bits per heavy atom. The van der Waals surface area contributed by atoms with E-state index in [1.165, 1.54) is 0 Å². The van der Waals surface area contributed by atoms with Gasteiger partial charge in [-0.15, -0.1) is 0 Å². The van der Waals surface area contributed by atoms with Crippen LogP contribution in [0.3, 0.4) is 0 Å². The summed E-state index contributed by atoms with van der Waals surface area (Å²) in [4.78, 5) is 0. The topological polar surface area (TPSA) is 26.0 Å². The van der Waals surface area contributed by atoms with Gasteiger partial charge in [-0.2, -0.15) is 0 Å². The van der Waals surface area contributed by atoms with Gasteiger partial charge >= 0.3 is 0 Å². The molecule has 0 spiro atoms. The molecule has 0 saturated heterocycles. The number of hydrogen-bond acceptors (Lipinski definition) is 1. The molecule has 0 aliphatic heterocycles. The van der Waals surface area contributed by atoms with Gasteiger partial charge in [-0.05, 0) is 34.8 Å². The van der Waals surface area contributed by atoms with Gasteiger partial charge in [-0.3, -0.25) is 0 Å². The van der Waals surface area contributed by atoms with Crippen LogP contribution in [0.15, 0.2) is 10.5 Å². The summed E-state index contributed by atoms with van der Waals surface area (Å²) in [6.45, 7) is 0. The van der Waals surface area contributed by atoms with Crippen molar-refractivity contribution in [2.45, 2.75) is 37.6 Å². The quantitative estimate of drug-likeness (QED) is 0.616. The van der Waals surface area contributed by atoms with E-state index in [2.05, 4.69) is 15.9 Å². The molecule has 0 heterocycles. The van der Waals surface area contributed by atoms with Crippen molar-refractivity contribution in [3.05, 3.63) is 33.6 Å². The Kier molecular flexibility index (Phi) is 3.50. The van der Waals surface area contributed by atoms with Gasteiger partial charge in [0.1, 0.15) is 5.82 Å². The molecule has 2 rings (SSSR count). The first kappa shape index (κ1) is 12.9. The Balaban J connectivity index is 2.51. The summed E-state index contributed by atoms with van der Waals surface area (Å²) in [5.41, 5.74) is 5.09. The third kappa shape index (κ3) is 2.22. The summed E-state index contributed by atoms with van der Waals surface area (Å²) in [6.07, 6.45) is 3.86. The molecule has 1 aliphatic rings. The summed E-state index contributed by atoms with van der Waals surface area (Å²) in [7, 11) is 0. The molecule has 1 aromatic rings. The van der Waals surface area contributed by atoms with E-state index >= 15 is 0 Å². The lowest BCUT2D eigenvalue weighted by molar-refractivity contribution is 0.287. The van der Waals surface area contributed by atoms with E-state index in [9.17, 15) is 13.2 Å². The zero-order chi connectivity index (χ0) is 12.6. The molecule has 0 aromatic heterocycles. The van der Waals surface area contributed by atoms with Crippen LogP contribution in [0.2, 0.25) is 0 Å². The van der Waals surface area contributed by atoms with E-state index < -0.39 is 27.5 Å². The minimum Gasteiger partial charge on any atom is -0.321 e. The smallest absolute Gasteiger partial charge is 0.176 e.